The van der Waals surface area contributed by atoms with E-state index in [0.29, 0.717) is 12.5 Å². The van der Waals surface area contributed by atoms with Gasteiger partial charge in [0.1, 0.15) is 0 Å². The molecule has 2 aromatic rings. The van der Waals surface area contributed by atoms with Gasteiger partial charge in [0.2, 0.25) is 0 Å². The van der Waals surface area contributed by atoms with Gasteiger partial charge in [-0.2, -0.15) is 5.10 Å². The van der Waals surface area contributed by atoms with E-state index in [1.165, 1.54) is 4.88 Å². The third kappa shape index (κ3) is 2.47. The molecule has 20 heavy (non-hydrogen) atoms. The predicted molar refractivity (Wildman–Crippen MR) is 80.5 cm³/mol. The van der Waals surface area contributed by atoms with Crippen LogP contribution in [0, 0.1) is 26.7 Å². The molecule has 0 bridgehead atoms. The fraction of sp³-hybridized carbons (Fsp3) is 0.500. The zero-order chi connectivity index (χ0) is 14.3. The molecule has 6 heteroatoms. The first-order chi connectivity index (χ1) is 9.52. The number of hydrogen-bond acceptors (Lipinski definition) is 5. The predicted octanol–water partition coefficient (Wildman–Crippen LogP) is 1.76. The van der Waals surface area contributed by atoms with Gasteiger partial charge in [0.25, 0.3) is 5.56 Å². The summed E-state index contributed by atoms with van der Waals surface area (Å²) in [5, 5.41) is 5.38. The van der Waals surface area contributed by atoms with Gasteiger partial charge < -0.3 is 4.90 Å². The quantitative estimate of drug-likeness (QED) is 0.864. The number of rotatable bonds is 3. The van der Waals surface area contributed by atoms with Crippen LogP contribution in [-0.4, -0.2) is 27.9 Å². The van der Waals surface area contributed by atoms with E-state index in [9.17, 15) is 4.79 Å². The third-order valence-electron chi connectivity index (χ3n) is 3.68. The van der Waals surface area contributed by atoms with Crippen molar-refractivity contribution in [2.24, 2.45) is 5.92 Å². The average Bonchev–Trinajstić information content (AvgIpc) is 2.67. The molecule has 0 radical (unpaired) electrons. The number of anilines is 1. The van der Waals surface area contributed by atoms with Crippen LogP contribution in [0.3, 0.4) is 0 Å². The van der Waals surface area contributed by atoms with Crippen molar-refractivity contribution in [1.29, 1.82) is 0 Å². The van der Waals surface area contributed by atoms with Crippen molar-refractivity contribution >= 4 is 16.5 Å². The van der Waals surface area contributed by atoms with Crippen molar-refractivity contribution in [3.05, 3.63) is 38.8 Å². The highest BCUT2D eigenvalue weighted by molar-refractivity contribution is 7.15. The summed E-state index contributed by atoms with van der Waals surface area (Å²) in [4.78, 5) is 19.8. The first kappa shape index (κ1) is 13.3. The van der Waals surface area contributed by atoms with Gasteiger partial charge in [-0.25, -0.2) is 9.67 Å². The van der Waals surface area contributed by atoms with Crippen LogP contribution in [-0.2, 0) is 6.54 Å². The Bertz CT molecular complexity index is 665. The van der Waals surface area contributed by atoms with Crippen molar-refractivity contribution in [2.45, 2.75) is 27.3 Å². The number of hydrogen-bond donors (Lipinski definition) is 0. The summed E-state index contributed by atoms with van der Waals surface area (Å²) in [7, 11) is 0. The Morgan fingerprint density at radius 1 is 1.30 bits per heavy atom. The summed E-state index contributed by atoms with van der Waals surface area (Å²) in [6.07, 6.45) is 0. The van der Waals surface area contributed by atoms with Crippen LogP contribution in [0.15, 0.2) is 16.9 Å². The molecule has 0 saturated carbocycles. The van der Waals surface area contributed by atoms with Gasteiger partial charge in [-0.05, 0) is 26.8 Å². The molecule has 1 aliphatic heterocycles. The highest BCUT2D eigenvalue weighted by Crippen LogP contribution is 2.30. The number of nitrogens with zero attached hydrogens (tertiary/aromatic N) is 4. The van der Waals surface area contributed by atoms with E-state index in [0.717, 1.165) is 29.6 Å². The maximum atomic E-state index is 11.7. The monoisotopic (exact) mass is 290 g/mol. The summed E-state index contributed by atoms with van der Waals surface area (Å²) in [6.45, 7) is 8.65. The Morgan fingerprint density at radius 3 is 2.70 bits per heavy atom. The Kier molecular flexibility index (Phi) is 3.33. The molecule has 5 nitrogen and oxygen atoms in total. The lowest BCUT2D eigenvalue weighted by molar-refractivity contribution is 0.333. The van der Waals surface area contributed by atoms with Gasteiger partial charge in [-0.1, -0.05) is 0 Å². The molecule has 3 rings (SSSR count). The van der Waals surface area contributed by atoms with Crippen LogP contribution in [0.5, 0.6) is 0 Å². The molecule has 1 aliphatic rings. The zero-order valence-electron chi connectivity index (χ0n) is 12.0. The first-order valence-electron chi connectivity index (χ1n) is 6.76. The maximum absolute atomic E-state index is 11.7. The van der Waals surface area contributed by atoms with E-state index in [-0.39, 0.29) is 5.56 Å². The molecular weight excluding hydrogens is 272 g/mol. The van der Waals surface area contributed by atoms with Crippen LogP contribution in [0.1, 0.15) is 16.3 Å². The third-order valence-corrected chi connectivity index (χ3v) is 4.81. The van der Waals surface area contributed by atoms with Gasteiger partial charge in [0.05, 0.1) is 17.9 Å². The fourth-order valence-corrected chi connectivity index (χ4v) is 3.29. The Labute approximate surface area is 121 Å². The molecule has 0 N–H and O–H groups in total. The van der Waals surface area contributed by atoms with Crippen LogP contribution in [0.25, 0.3) is 0 Å². The Hall–Kier alpha value is -1.69. The van der Waals surface area contributed by atoms with Crippen LogP contribution in [0.4, 0.5) is 5.13 Å². The summed E-state index contributed by atoms with van der Waals surface area (Å²) >= 11 is 1.74. The lowest BCUT2D eigenvalue weighted by atomic mass is 10.0. The lowest BCUT2D eigenvalue weighted by Crippen LogP contribution is -2.49. The smallest absolute Gasteiger partial charge is 0.266 e. The molecule has 2 aromatic heterocycles. The molecule has 0 atom stereocenters. The summed E-state index contributed by atoms with van der Waals surface area (Å²) < 4.78 is 1.58. The first-order valence-corrected chi connectivity index (χ1v) is 7.58. The molecule has 0 aromatic carbocycles. The van der Waals surface area contributed by atoms with E-state index in [1.54, 1.807) is 28.2 Å². The van der Waals surface area contributed by atoms with E-state index < -0.39 is 0 Å². The normalized spacial score (nSPS) is 15.4. The van der Waals surface area contributed by atoms with Gasteiger partial charge in [0, 0.05) is 30.0 Å². The van der Waals surface area contributed by atoms with Gasteiger partial charge in [0.15, 0.2) is 5.13 Å². The minimum Gasteiger partial charge on any atom is -0.347 e. The number of aryl methyl sites for hydroxylation is 3. The van der Waals surface area contributed by atoms with E-state index in [4.69, 9.17) is 0 Å². The molecule has 0 aliphatic carbocycles. The van der Waals surface area contributed by atoms with Crippen molar-refractivity contribution in [2.75, 3.05) is 18.0 Å². The molecule has 0 unspecified atom stereocenters. The second-order valence-corrected chi connectivity index (χ2v) is 6.59. The molecule has 106 valence electrons. The Balaban J connectivity index is 1.63. The molecule has 1 saturated heterocycles. The molecular formula is C14H18N4OS. The summed E-state index contributed by atoms with van der Waals surface area (Å²) in [6, 6.07) is 3.35. The maximum Gasteiger partial charge on any atom is 0.266 e. The summed E-state index contributed by atoms with van der Waals surface area (Å²) in [5.74, 6) is 0.478. The molecule has 3 heterocycles. The van der Waals surface area contributed by atoms with Crippen LogP contribution < -0.4 is 10.5 Å². The van der Waals surface area contributed by atoms with E-state index in [1.807, 2.05) is 13.8 Å². The van der Waals surface area contributed by atoms with E-state index in [2.05, 4.69) is 21.9 Å². The standard InChI is InChI=1S/C14H18N4OS/c1-9-4-5-13(19)18(16-9)8-12-6-17(7-12)14-15-10(2)11(3)20-14/h4-5,12H,6-8H2,1-3H3. The van der Waals surface area contributed by atoms with Gasteiger partial charge in [-0.3, -0.25) is 4.79 Å². The average molecular weight is 290 g/mol. The largest absolute Gasteiger partial charge is 0.347 e. The number of aromatic nitrogens is 3. The van der Waals surface area contributed by atoms with Gasteiger partial charge in [-0.15, -0.1) is 11.3 Å². The van der Waals surface area contributed by atoms with Crippen molar-refractivity contribution in [1.82, 2.24) is 14.8 Å². The molecule has 0 amide bonds. The van der Waals surface area contributed by atoms with Crippen molar-refractivity contribution < 1.29 is 0 Å². The second-order valence-electron chi connectivity index (χ2n) is 5.40. The Morgan fingerprint density at radius 2 is 2.05 bits per heavy atom. The number of thiazole rings is 1. The second kappa shape index (κ2) is 5.01. The fourth-order valence-electron chi connectivity index (χ4n) is 2.36. The van der Waals surface area contributed by atoms with Crippen molar-refractivity contribution in [3.63, 3.8) is 0 Å². The van der Waals surface area contributed by atoms with Crippen molar-refractivity contribution in [3.8, 4) is 0 Å². The zero-order valence-corrected chi connectivity index (χ0v) is 12.8. The minimum atomic E-state index is -0.0185. The summed E-state index contributed by atoms with van der Waals surface area (Å²) in [5.41, 5.74) is 1.98. The highest BCUT2D eigenvalue weighted by Gasteiger charge is 2.29. The van der Waals surface area contributed by atoms with Crippen LogP contribution in [0.2, 0.25) is 0 Å². The van der Waals surface area contributed by atoms with Crippen LogP contribution >= 0.6 is 11.3 Å². The molecule has 1 fully saturated rings. The van der Waals surface area contributed by atoms with Gasteiger partial charge >= 0.3 is 0 Å². The SMILES string of the molecule is Cc1ccc(=O)n(CC2CN(c3nc(C)c(C)s3)C2)n1. The highest BCUT2D eigenvalue weighted by atomic mass is 32.1. The van der Waals surface area contributed by atoms with E-state index >= 15 is 0 Å². The minimum absolute atomic E-state index is 0.0185. The molecule has 0 spiro atoms. The lowest BCUT2D eigenvalue weighted by Gasteiger charge is -2.39. The topological polar surface area (TPSA) is 51.0 Å².